The van der Waals surface area contributed by atoms with Crippen LogP contribution in [0.2, 0.25) is 0 Å². The predicted molar refractivity (Wildman–Crippen MR) is 87.9 cm³/mol. The second-order valence-electron chi connectivity index (χ2n) is 6.24. The average molecular weight is 394 g/mol. The zero-order valence-electron chi connectivity index (χ0n) is 14.4. The number of nitrogens with one attached hydrogen (secondary N) is 1. The van der Waals surface area contributed by atoms with Crippen molar-refractivity contribution >= 4 is 15.9 Å². The Balaban J connectivity index is 2.06. The van der Waals surface area contributed by atoms with E-state index in [1.165, 1.54) is 6.92 Å². The molecule has 1 N–H and O–H groups in total. The summed E-state index contributed by atoms with van der Waals surface area (Å²) in [6, 6.07) is 2.85. The third kappa shape index (κ3) is 5.34. The van der Waals surface area contributed by atoms with Crippen LogP contribution in [0.1, 0.15) is 33.1 Å². The molecule has 0 bridgehead atoms. The lowest BCUT2D eigenvalue weighted by Crippen LogP contribution is -2.51. The van der Waals surface area contributed by atoms with E-state index in [2.05, 4.69) is 9.46 Å². The van der Waals surface area contributed by atoms with Crippen molar-refractivity contribution in [1.82, 2.24) is 9.62 Å². The fraction of sp³-hybridized carbons (Fsp3) is 0.562. The maximum Gasteiger partial charge on any atom is 0.573 e. The fourth-order valence-corrected chi connectivity index (χ4v) is 4.04. The number of piperidine rings is 1. The van der Waals surface area contributed by atoms with Crippen LogP contribution >= 0.6 is 0 Å². The molecule has 1 aromatic rings. The molecule has 10 heteroatoms. The van der Waals surface area contributed by atoms with Crippen molar-refractivity contribution in [3.05, 3.63) is 24.3 Å². The van der Waals surface area contributed by atoms with E-state index in [0.29, 0.717) is 6.54 Å². The molecular weight excluding hydrogens is 373 g/mol. The molecule has 1 heterocycles. The van der Waals surface area contributed by atoms with E-state index in [4.69, 9.17) is 0 Å². The number of benzene rings is 1. The second-order valence-corrected chi connectivity index (χ2v) is 7.95. The lowest BCUT2D eigenvalue weighted by Gasteiger charge is -2.35. The van der Waals surface area contributed by atoms with Crippen LogP contribution in [-0.4, -0.2) is 44.2 Å². The topological polar surface area (TPSA) is 75.7 Å². The highest BCUT2D eigenvalue weighted by Gasteiger charge is 2.32. The first kappa shape index (κ1) is 20.5. The largest absolute Gasteiger partial charge is 0.573 e. The van der Waals surface area contributed by atoms with E-state index in [-0.39, 0.29) is 16.8 Å². The number of hydrogen-bond acceptors (Lipinski definition) is 4. The first-order valence-corrected chi connectivity index (χ1v) is 9.66. The first-order valence-electron chi connectivity index (χ1n) is 8.18. The predicted octanol–water partition coefficient (Wildman–Crippen LogP) is 2.65. The summed E-state index contributed by atoms with van der Waals surface area (Å²) in [7, 11) is -4.06. The molecule has 2 rings (SSSR count). The zero-order valence-corrected chi connectivity index (χ0v) is 15.2. The molecule has 0 aromatic heterocycles. The van der Waals surface area contributed by atoms with Crippen LogP contribution in [0.3, 0.4) is 0 Å². The first-order chi connectivity index (χ1) is 12.0. The summed E-state index contributed by atoms with van der Waals surface area (Å²) in [5.41, 5.74) is 0. The minimum absolute atomic E-state index is 0.0435. The standard InChI is InChI=1S/C16H21F3N2O4S/c1-11-5-3-4-10-21(11)15(22)12(2)20-26(23,24)14-8-6-13(7-9-14)25-16(17,18)19/h6-9,11-12,20H,3-5,10H2,1-2H3. The summed E-state index contributed by atoms with van der Waals surface area (Å²) >= 11 is 0. The van der Waals surface area contributed by atoms with Gasteiger partial charge in [0.15, 0.2) is 0 Å². The zero-order chi connectivity index (χ0) is 19.5. The number of ether oxygens (including phenoxy) is 1. The van der Waals surface area contributed by atoms with Gasteiger partial charge in [-0.1, -0.05) is 0 Å². The SMILES string of the molecule is CC(NS(=O)(=O)c1ccc(OC(F)(F)F)cc1)C(=O)N1CCCCC1C. The number of carbonyl (C=O) groups excluding carboxylic acids is 1. The highest BCUT2D eigenvalue weighted by Crippen LogP contribution is 2.24. The lowest BCUT2D eigenvalue weighted by molar-refractivity contribution is -0.274. The quantitative estimate of drug-likeness (QED) is 0.833. The summed E-state index contributed by atoms with van der Waals surface area (Å²) < 4.78 is 67.2. The normalized spacial score (nSPS) is 19.9. The van der Waals surface area contributed by atoms with Gasteiger partial charge in [-0.05, 0) is 57.4 Å². The summed E-state index contributed by atoms with van der Waals surface area (Å²) in [6.45, 7) is 3.94. The molecule has 1 aliphatic rings. The van der Waals surface area contributed by atoms with E-state index in [1.54, 1.807) is 4.90 Å². The molecule has 1 fully saturated rings. The smallest absolute Gasteiger partial charge is 0.406 e. The van der Waals surface area contributed by atoms with Gasteiger partial charge in [-0.3, -0.25) is 4.79 Å². The van der Waals surface area contributed by atoms with Crippen molar-refractivity contribution in [2.45, 2.75) is 56.5 Å². The molecule has 1 saturated heterocycles. The number of carbonyl (C=O) groups is 1. The lowest BCUT2D eigenvalue weighted by atomic mass is 10.0. The number of sulfonamides is 1. The van der Waals surface area contributed by atoms with Crippen molar-refractivity contribution < 1.29 is 31.1 Å². The van der Waals surface area contributed by atoms with Gasteiger partial charge in [-0.15, -0.1) is 13.2 Å². The van der Waals surface area contributed by atoms with Crippen LogP contribution in [0.15, 0.2) is 29.2 Å². The van der Waals surface area contributed by atoms with Crippen molar-refractivity contribution in [3.8, 4) is 5.75 Å². The van der Waals surface area contributed by atoms with Crippen molar-refractivity contribution in [1.29, 1.82) is 0 Å². The molecule has 146 valence electrons. The van der Waals surface area contributed by atoms with Crippen molar-refractivity contribution in [2.24, 2.45) is 0 Å². The van der Waals surface area contributed by atoms with Crippen LogP contribution in [0.4, 0.5) is 13.2 Å². The minimum atomic E-state index is -4.86. The number of alkyl halides is 3. The summed E-state index contributed by atoms with van der Waals surface area (Å²) in [5, 5.41) is 0. The van der Waals surface area contributed by atoms with Gasteiger partial charge in [0.1, 0.15) is 5.75 Å². The Labute approximate surface area is 150 Å². The second kappa shape index (κ2) is 7.83. The summed E-state index contributed by atoms with van der Waals surface area (Å²) in [5.74, 6) is -0.847. The molecule has 1 aliphatic heterocycles. The van der Waals surface area contributed by atoms with E-state index >= 15 is 0 Å². The maximum atomic E-state index is 12.5. The average Bonchev–Trinajstić information content (AvgIpc) is 2.53. The number of likely N-dealkylation sites (tertiary alicyclic amines) is 1. The summed E-state index contributed by atoms with van der Waals surface area (Å²) in [6.07, 6.45) is -2.09. The Morgan fingerprint density at radius 1 is 1.27 bits per heavy atom. The molecule has 26 heavy (non-hydrogen) atoms. The molecule has 1 aromatic carbocycles. The van der Waals surface area contributed by atoms with Crippen LogP contribution in [-0.2, 0) is 14.8 Å². The number of amides is 1. The number of rotatable bonds is 5. The maximum absolute atomic E-state index is 12.5. The van der Waals surface area contributed by atoms with Crippen LogP contribution in [0.25, 0.3) is 0 Å². The van der Waals surface area contributed by atoms with Gasteiger partial charge in [-0.2, -0.15) is 4.72 Å². The Morgan fingerprint density at radius 2 is 1.88 bits per heavy atom. The van der Waals surface area contributed by atoms with Gasteiger partial charge in [-0.25, -0.2) is 8.42 Å². The highest BCUT2D eigenvalue weighted by molar-refractivity contribution is 7.89. The Bertz CT molecular complexity index is 735. The van der Waals surface area contributed by atoms with Crippen molar-refractivity contribution in [3.63, 3.8) is 0 Å². The molecule has 0 aliphatic carbocycles. The Kier molecular flexibility index (Phi) is 6.17. The van der Waals surface area contributed by atoms with E-state index in [9.17, 15) is 26.4 Å². The van der Waals surface area contributed by atoms with Crippen molar-refractivity contribution in [2.75, 3.05) is 6.54 Å². The molecule has 0 radical (unpaired) electrons. The molecule has 6 nitrogen and oxygen atoms in total. The minimum Gasteiger partial charge on any atom is -0.406 e. The van der Waals surface area contributed by atoms with E-state index in [0.717, 1.165) is 43.5 Å². The van der Waals surface area contributed by atoms with Crippen LogP contribution in [0, 0.1) is 0 Å². The number of hydrogen-bond donors (Lipinski definition) is 1. The molecule has 1 amide bonds. The van der Waals surface area contributed by atoms with E-state index < -0.39 is 28.2 Å². The van der Waals surface area contributed by atoms with Gasteiger partial charge in [0.05, 0.1) is 10.9 Å². The van der Waals surface area contributed by atoms with Gasteiger partial charge in [0.2, 0.25) is 15.9 Å². The molecule has 0 spiro atoms. The number of nitrogens with zero attached hydrogens (tertiary/aromatic N) is 1. The molecule has 2 atom stereocenters. The van der Waals surface area contributed by atoms with Crippen LogP contribution in [0.5, 0.6) is 5.75 Å². The summed E-state index contributed by atoms with van der Waals surface area (Å²) in [4.78, 5) is 13.9. The van der Waals surface area contributed by atoms with Gasteiger partial charge < -0.3 is 9.64 Å². The monoisotopic (exact) mass is 394 g/mol. The highest BCUT2D eigenvalue weighted by atomic mass is 32.2. The van der Waals surface area contributed by atoms with E-state index in [1.807, 2.05) is 6.92 Å². The third-order valence-corrected chi connectivity index (χ3v) is 5.71. The molecular formula is C16H21F3N2O4S. The fourth-order valence-electron chi connectivity index (χ4n) is 2.85. The van der Waals surface area contributed by atoms with Gasteiger partial charge in [0.25, 0.3) is 0 Å². The van der Waals surface area contributed by atoms with Crippen LogP contribution < -0.4 is 9.46 Å². The Morgan fingerprint density at radius 3 is 2.42 bits per heavy atom. The molecule has 2 unspecified atom stereocenters. The van der Waals surface area contributed by atoms with Gasteiger partial charge >= 0.3 is 6.36 Å². The van der Waals surface area contributed by atoms with Gasteiger partial charge in [0, 0.05) is 12.6 Å². The Hall–Kier alpha value is -1.81. The molecule has 0 saturated carbocycles. The third-order valence-electron chi connectivity index (χ3n) is 4.16. The number of halogens is 3.